The molecule has 1 fully saturated rings. The van der Waals surface area contributed by atoms with Gasteiger partial charge in [0.15, 0.2) is 0 Å². The van der Waals surface area contributed by atoms with Crippen molar-refractivity contribution in [1.29, 1.82) is 0 Å². The molecule has 1 saturated heterocycles. The maximum absolute atomic E-state index is 12.4. The number of halogens is 1. The van der Waals surface area contributed by atoms with Crippen LogP contribution < -0.4 is 5.32 Å². The van der Waals surface area contributed by atoms with E-state index in [2.05, 4.69) is 75.5 Å². The first kappa shape index (κ1) is 18.2. The highest BCUT2D eigenvalue weighted by molar-refractivity contribution is 9.10. The Kier molecular flexibility index (Phi) is 6.27. The molecular weight excluding hydrogens is 376 g/mol. The van der Waals surface area contributed by atoms with Crippen LogP contribution in [0.5, 0.6) is 0 Å². The largest absolute Gasteiger partial charge is 0.352 e. The maximum Gasteiger partial charge on any atom is 0.223 e. The van der Waals surface area contributed by atoms with Crippen molar-refractivity contribution < 1.29 is 4.79 Å². The molecular formula is C21H25BrN2O. The van der Waals surface area contributed by atoms with Crippen molar-refractivity contribution in [2.75, 3.05) is 13.1 Å². The Morgan fingerprint density at radius 1 is 1.12 bits per heavy atom. The topological polar surface area (TPSA) is 32.3 Å². The summed E-state index contributed by atoms with van der Waals surface area (Å²) in [4.78, 5) is 14.9. The summed E-state index contributed by atoms with van der Waals surface area (Å²) in [6, 6.07) is 16.8. The van der Waals surface area contributed by atoms with Crippen LogP contribution in [0.3, 0.4) is 0 Å². The van der Waals surface area contributed by atoms with E-state index in [4.69, 9.17) is 0 Å². The van der Waals surface area contributed by atoms with E-state index in [9.17, 15) is 4.79 Å². The van der Waals surface area contributed by atoms with Gasteiger partial charge in [0.05, 0.1) is 0 Å². The number of benzene rings is 2. The summed E-state index contributed by atoms with van der Waals surface area (Å²) in [6.45, 7) is 5.63. The average molecular weight is 401 g/mol. The number of amides is 1. The van der Waals surface area contributed by atoms with Gasteiger partial charge in [-0.2, -0.15) is 0 Å². The summed E-state index contributed by atoms with van der Waals surface area (Å²) in [6.07, 6.45) is 1.88. The van der Waals surface area contributed by atoms with Crippen LogP contribution in [-0.4, -0.2) is 23.9 Å². The Morgan fingerprint density at radius 2 is 1.84 bits per heavy atom. The summed E-state index contributed by atoms with van der Waals surface area (Å²) in [5.74, 6) is 0.343. The quantitative estimate of drug-likeness (QED) is 0.811. The van der Waals surface area contributed by atoms with Gasteiger partial charge in [-0.05, 0) is 56.1 Å². The highest BCUT2D eigenvalue weighted by atomic mass is 79.9. The summed E-state index contributed by atoms with van der Waals surface area (Å²) >= 11 is 3.47. The molecule has 0 spiro atoms. The minimum absolute atomic E-state index is 0.144. The van der Waals surface area contributed by atoms with E-state index in [0.29, 0.717) is 6.54 Å². The predicted molar refractivity (Wildman–Crippen MR) is 105 cm³/mol. The Morgan fingerprint density at radius 3 is 2.52 bits per heavy atom. The van der Waals surface area contributed by atoms with Crippen LogP contribution >= 0.6 is 15.9 Å². The van der Waals surface area contributed by atoms with Crippen LogP contribution in [0.15, 0.2) is 53.0 Å². The zero-order valence-corrected chi connectivity index (χ0v) is 16.3. The standard InChI is InChI=1S/C21H25BrN2O/c1-16-3-2-4-18(13-16)14-23-21(25)19-9-11-24(12-10-19)15-17-5-7-20(22)8-6-17/h2-8,13,19H,9-12,14-15H2,1H3,(H,23,25). The second-order valence-corrected chi connectivity index (χ2v) is 7.80. The van der Waals surface area contributed by atoms with Gasteiger partial charge in [-0.3, -0.25) is 9.69 Å². The Hall–Kier alpha value is -1.65. The van der Waals surface area contributed by atoms with Crippen LogP contribution in [0.4, 0.5) is 0 Å². The van der Waals surface area contributed by atoms with Gasteiger partial charge < -0.3 is 5.32 Å². The van der Waals surface area contributed by atoms with Gasteiger partial charge in [0.2, 0.25) is 5.91 Å². The number of hydrogen-bond acceptors (Lipinski definition) is 2. The SMILES string of the molecule is Cc1cccc(CNC(=O)C2CCN(Cc3ccc(Br)cc3)CC2)c1. The number of hydrogen-bond donors (Lipinski definition) is 1. The number of carbonyl (C=O) groups excluding carboxylic acids is 1. The van der Waals surface area contributed by atoms with Crippen molar-refractivity contribution in [3.8, 4) is 0 Å². The van der Waals surface area contributed by atoms with Gasteiger partial charge in [-0.25, -0.2) is 0 Å². The molecule has 1 heterocycles. The molecule has 25 heavy (non-hydrogen) atoms. The van der Waals surface area contributed by atoms with Gasteiger partial charge in [0, 0.05) is 23.5 Å². The second-order valence-electron chi connectivity index (χ2n) is 6.88. The molecule has 3 nitrogen and oxygen atoms in total. The fourth-order valence-corrected chi connectivity index (χ4v) is 3.62. The predicted octanol–water partition coefficient (Wildman–Crippen LogP) is 4.29. The summed E-state index contributed by atoms with van der Waals surface area (Å²) in [5, 5.41) is 3.10. The van der Waals surface area contributed by atoms with Crippen LogP contribution in [0.2, 0.25) is 0 Å². The number of rotatable bonds is 5. The molecule has 1 aliphatic heterocycles. The second kappa shape index (κ2) is 8.63. The maximum atomic E-state index is 12.4. The van der Waals surface area contributed by atoms with Gasteiger partial charge in [0.25, 0.3) is 0 Å². The van der Waals surface area contributed by atoms with Crippen molar-refractivity contribution in [2.24, 2.45) is 5.92 Å². The third-order valence-corrected chi connectivity index (χ3v) is 5.36. The molecule has 4 heteroatoms. The Bertz CT molecular complexity index is 706. The number of likely N-dealkylation sites (tertiary alicyclic amines) is 1. The normalized spacial score (nSPS) is 15.9. The molecule has 0 saturated carbocycles. The first-order chi connectivity index (χ1) is 12.1. The smallest absolute Gasteiger partial charge is 0.223 e. The molecule has 3 rings (SSSR count). The van der Waals surface area contributed by atoms with Crippen LogP contribution in [0.25, 0.3) is 0 Å². The molecule has 1 N–H and O–H groups in total. The van der Waals surface area contributed by atoms with E-state index in [1.54, 1.807) is 0 Å². The van der Waals surface area contributed by atoms with E-state index in [0.717, 1.165) is 36.9 Å². The lowest BCUT2D eigenvalue weighted by atomic mass is 9.95. The molecule has 0 atom stereocenters. The van der Waals surface area contributed by atoms with Gasteiger partial charge in [-0.1, -0.05) is 57.9 Å². The lowest BCUT2D eigenvalue weighted by molar-refractivity contribution is -0.126. The lowest BCUT2D eigenvalue weighted by Gasteiger charge is -2.31. The number of nitrogens with one attached hydrogen (secondary N) is 1. The molecule has 0 aromatic heterocycles. The van der Waals surface area contributed by atoms with Gasteiger partial charge >= 0.3 is 0 Å². The van der Waals surface area contributed by atoms with E-state index >= 15 is 0 Å². The fraction of sp³-hybridized carbons (Fsp3) is 0.381. The minimum Gasteiger partial charge on any atom is -0.352 e. The summed E-state index contributed by atoms with van der Waals surface area (Å²) in [7, 11) is 0. The van der Waals surface area contributed by atoms with Crippen LogP contribution in [0, 0.1) is 12.8 Å². The molecule has 0 radical (unpaired) electrons. The third-order valence-electron chi connectivity index (χ3n) is 4.83. The van der Waals surface area contributed by atoms with Crippen LogP contribution in [0.1, 0.15) is 29.5 Å². The zero-order valence-electron chi connectivity index (χ0n) is 14.7. The summed E-state index contributed by atoms with van der Waals surface area (Å²) in [5.41, 5.74) is 3.72. The third kappa shape index (κ3) is 5.41. The molecule has 2 aromatic carbocycles. The molecule has 0 aliphatic carbocycles. The highest BCUT2D eigenvalue weighted by Crippen LogP contribution is 2.20. The number of carbonyl (C=O) groups is 1. The lowest BCUT2D eigenvalue weighted by Crippen LogP contribution is -2.40. The van der Waals surface area contributed by atoms with Crippen molar-refractivity contribution in [3.05, 3.63) is 69.7 Å². The van der Waals surface area contributed by atoms with Crippen molar-refractivity contribution in [3.63, 3.8) is 0 Å². The van der Waals surface area contributed by atoms with Crippen LogP contribution in [-0.2, 0) is 17.9 Å². The molecule has 0 bridgehead atoms. The number of aryl methyl sites for hydroxylation is 1. The molecule has 132 valence electrons. The monoisotopic (exact) mass is 400 g/mol. The van der Waals surface area contributed by atoms with Crippen molar-refractivity contribution >= 4 is 21.8 Å². The van der Waals surface area contributed by atoms with E-state index in [-0.39, 0.29) is 11.8 Å². The minimum atomic E-state index is 0.144. The molecule has 1 amide bonds. The Balaban J connectivity index is 1.43. The van der Waals surface area contributed by atoms with E-state index < -0.39 is 0 Å². The molecule has 1 aliphatic rings. The van der Waals surface area contributed by atoms with Gasteiger partial charge in [0.1, 0.15) is 0 Å². The molecule has 2 aromatic rings. The van der Waals surface area contributed by atoms with E-state index in [1.807, 2.05) is 6.07 Å². The number of nitrogens with zero attached hydrogens (tertiary/aromatic N) is 1. The number of piperidine rings is 1. The van der Waals surface area contributed by atoms with Crippen molar-refractivity contribution in [1.82, 2.24) is 10.2 Å². The summed E-state index contributed by atoms with van der Waals surface area (Å²) < 4.78 is 1.11. The fourth-order valence-electron chi connectivity index (χ4n) is 3.36. The zero-order chi connectivity index (χ0) is 17.6. The average Bonchev–Trinajstić information content (AvgIpc) is 2.62. The molecule has 0 unspecified atom stereocenters. The first-order valence-electron chi connectivity index (χ1n) is 8.90. The van der Waals surface area contributed by atoms with Gasteiger partial charge in [-0.15, -0.1) is 0 Å². The van der Waals surface area contributed by atoms with Crippen molar-refractivity contribution in [2.45, 2.75) is 32.9 Å². The highest BCUT2D eigenvalue weighted by Gasteiger charge is 2.24. The van der Waals surface area contributed by atoms with E-state index in [1.165, 1.54) is 16.7 Å². The Labute approximate surface area is 158 Å². The first-order valence-corrected chi connectivity index (χ1v) is 9.69.